The molecule has 7 atom stereocenters. The van der Waals surface area contributed by atoms with Crippen LogP contribution in [0.2, 0.25) is 0 Å². The highest BCUT2D eigenvalue weighted by atomic mass is 79.9. The van der Waals surface area contributed by atoms with Crippen molar-refractivity contribution in [2.45, 2.75) is 28.5 Å². The maximum absolute atomic E-state index is 13.6. The van der Waals surface area contributed by atoms with Crippen LogP contribution in [-0.2, 0) is 20.8 Å². The monoisotopic (exact) mass is 574 g/mol. The van der Waals surface area contributed by atoms with Gasteiger partial charge in [0.1, 0.15) is 11.8 Å². The highest BCUT2D eigenvalue weighted by Crippen LogP contribution is 2.60. The average molecular weight is 576 g/mol. The lowest BCUT2D eigenvalue weighted by molar-refractivity contribution is -0.147. The number of benzene rings is 2. The molecule has 5 rings (SSSR count). The summed E-state index contributed by atoms with van der Waals surface area (Å²) in [6, 6.07) is 15.6. The molecule has 2 saturated carbocycles. The quantitative estimate of drug-likeness (QED) is 0.417. The number of alkyl halides is 2. The van der Waals surface area contributed by atoms with Crippen LogP contribution in [0.1, 0.15) is 12.0 Å². The molecule has 1 saturated heterocycles. The Kier molecular flexibility index (Phi) is 6.07. The van der Waals surface area contributed by atoms with Crippen molar-refractivity contribution in [2.75, 3.05) is 12.4 Å². The van der Waals surface area contributed by atoms with Crippen molar-refractivity contribution in [2.24, 2.45) is 23.7 Å². The Morgan fingerprint density at radius 3 is 2.18 bits per heavy atom. The van der Waals surface area contributed by atoms with Crippen molar-refractivity contribution in [3.05, 3.63) is 60.2 Å². The molecule has 2 aromatic rings. The number of fused-ring (bicyclic) bond motifs is 5. The molecule has 3 aliphatic rings. The number of carbonyl (C=O) groups excluding carboxylic acids is 3. The van der Waals surface area contributed by atoms with E-state index in [0.717, 1.165) is 12.0 Å². The van der Waals surface area contributed by atoms with E-state index in [0.29, 0.717) is 11.4 Å². The number of nitrogens with zero attached hydrogens (tertiary/aromatic N) is 1. The zero-order valence-corrected chi connectivity index (χ0v) is 21.2. The van der Waals surface area contributed by atoms with Gasteiger partial charge in [-0.2, -0.15) is 0 Å². The van der Waals surface area contributed by atoms with Crippen LogP contribution in [0.5, 0.6) is 5.75 Å². The Labute approximate surface area is 209 Å². The summed E-state index contributed by atoms with van der Waals surface area (Å²) in [5, 5.41) is 2.89. The number of rotatable bonds is 6. The van der Waals surface area contributed by atoms with E-state index in [-0.39, 0.29) is 51.6 Å². The number of nitrogens with one attached hydrogen (secondary N) is 1. The van der Waals surface area contributed by atoms with Crippen LogP contribution in [0.25, 0.3) is 0 Å². The molecular formula is C25H24Br2N2O4. The summed E-state index contributed by atoms with van der Waals surface area (Å²) in [6.07, 6.45) is 1.10. The van der Waals surface area contributed by atoms with Gasteiger partial charge in [0.25, 0.3) is 0 Å². The molecule has 33 heavy (non-hydrogen) atoms. The molecule has 0 unspecified atom stereocenters. The summed E-state index contributed by atoms with van der Waals surface area (Å²) in [7, 11) is 1.53. The van der Waals surface area contributed by atoms with Gasteiger partial charge >= 0.3 is 0 Å². The van der Waals surface area contributed by atoms with Crippen LogP contribution in [0.15, 0.2) is 54.6 Å². The van der Waals surface area contributed by atoms with Gasteiger partial charge in [-0.3, -0.25) is 19.3 Å². The van der Waals surface area contributed by atoms with Crippen molar-refractivity contribution in [3.8, 4) is 5.75 Å². The smallest absolute Gasteiger partial charge is 0.248 e. The third kappa shape index (κ3) is 3.71. The Balaban J connectivity index is 1.48. The molecule has 2 aromatic carbocycles. The minimum atomic E-state index is -0.940. The fourth-order valence-corrected chi connectivity index (χ4v) is 7.65. The van der Waals surface area contributed by atoms with Crippen molar-refractivity contribution < 1.29 is 19.1 Å². The Morgan fingerprint density at radius 2 is 1.58 bits per heavy atom. The van der Waals surface area contributed by atoms with Gasteiger partial charge in [0.05, 0.1) is 24.6 Å². The number of methoxy groups -OCH3 is 1. The Bertz CT molecular complexity index is 1060. The van der Waals surface area contributed by atoms with Gasteiger partial charge in [-0.05, 0) is 36.0 Å². The van der Waals surface area contributed by atoms with E-state index in [1.807, 2.05) is 36.4 Å². The topological polar surface area (TPSA) is 75.7 Å². The molecule has 8 heteroatoms. The fourth-order valence-electron chi connectivity index (χ4n) is 5.78. The Morgan fingerprint density at radius 1 is 1.00 bits per heavy atom. The second kappa shape index (κ2) is 8.87. The third-order valence-electron chi connectivity index (χ3n) is 7.27. The molecule has 0 spiro atoms. The number of halogens is 2. The number of anilines is 1. The maximum atomic E-state index is 13.6. The van der Waals surface area contributed by atoms with Crippen LogP contribution < -0.4 is 10.1 Å². The van der Waals surface area contributed by atoms with E-state index in [1.165, 1.54) is 12.0 Å². The molecule has 2 bridgehead atoms. The second-order valence-corrected chi connectivity index (χ2v) is 11.1. The van der Waals surface area contributed by atoms with E-state index in [4.69, 9.17) is 4.74 Å². The molecule has 2 aliphatic carbocycles. The predicted molar refractivity (Wildman–Crippen MR) is 131 cm³/mol. The lowest BCUT2D eigenvalue weighted by atomic mass is 9.81. The van der Waals surface area contributed by atoms with E-state index in [1.54, 1.807) is 18.2 Å². The lowest BCUT2D eigenvalue weighted by Gasteiger charge is -2.28. The molecule has 0 radical (unpaired) electrons. The van der Waals surface area contributed by atoms with Gasteiger partial charge in [-0.15, -0.1) is 0 Å². The largest absolute Gasteiger partial charge is 0.495 e. The minimum absolute atomic E-state index is 0.0977. The normalized spacial score (nSPS) is 30.9. The maximum Gasteiger partial charge on any atom is 0.248 e. The van der Waals surface area contributed by atoms with E-state index in [2.05, 4.69) is 37.2 Å². The zero-order chi connectivity index (χ0) is 23.3. The van der Waals surface area contributed by atoms with Crippen LogP contribution >= 0.6 is 31.9 Å². The first kappa shape index (κ1) is 22.6. The summed E-state index contributed by atoms with van der Waals surface area (Å²) in [5.41, 5.74) is 1.39. The number of likely N-dealkylation sites (tertiary alicyclic amines) is 1. The first-order valence-corrected chi connectivity index (χ1v) is 12.9. The number of para-hydroxylation sites is 2. The Hall–Kier alpha value is -2.19. The first-order valence-electron chi connectivity index (χ1n) is 11.0. The lowest BCUT2D eigenvalue weighted by Crippen LogP contribution is -2.49. The summed E-state index contributed by atoms with van der Waals surface area (Å²) < 4.78 is 5.36. The molecule has 1 aliphatic heterocycles. The SMILES string of the molecule is COc1ccccc1NC(=O)[C@@H](Cc1ccccc1)N1C(=O)[C@H]2[C@@H]3C[C@H]([C@@H](Br)[C@H]3Br)[C@@H]2C1=O. The van der Waals surface area contributed by atoms with Crippen molar-refractivity contribution in [1.82, 2.24) is 4.90 Å². The molecule has 1 heterocycles. The average Bonchev–Trinajstić information content (AvgIpc) is 3.43. The molecule has 1 N–H and O–H groups in total. The van der Waals surface area contributed by atoms with Crippen LogP contribution in [0, 0.1) is 23.7 Å². The summed E-state index contributed by atoms with van der Waals surface area (Å²) in [6.45, 7) is 0. The zero-order valence-electron chi connectivity index (χ0n) is 18.0. The van der Waals surface area contributed by atoms with Gasteiger partial charge in [0.15, 0.2) is 0 Å². The predicted octanol–water partition coefficient (Wildman–Crippen LogP) is 4.02. The molecule has 172 valence electrons. The fraction of sp³-hybridized carbons (Fsp3) is 0.400. The molecule has 3 amide bonds. The van der Waals surface area contributed by atoms with Gasteiger partial charge < -0.3 is 10.1 Å². The number of amides is 3. The van der Waals surface area contributed by atoms with Gasteiger partial charge in [0.2, 0.25) is 17.7 Å². The molecule has 0 aromatic heterocycles. The van der Waals surface area contributed by atoms with E-state index in [9.17, 15) is 14.4 Å². The van der Waals surface area contributed by atoms with Crippen molar-refractivity contribution in [3.63, 3.8) is 0 Å². The van der Waals surface area contributed by atoms with Gasteiger partial charge in [0, 0.05) is 16.1 Å². The third-order valence-corrected chi connectivity index (χ3v) is 10.5. The molecular weight excluding hydrogens is 552 g/mol. The second-order valence-electron chi connectivity index (χ2n) is 8.95. The number of hydrogen-bond donors (Lipinski definition) is 1. The molecule has 6 nitrogen and oxygen atoms in total. The highest BCUT2D eigenvalue weighted by Gasteiger charge is 2.67. The van der Waals surface area contributed by atoms with Crippen LogP contribution in [-0.4, -0.2) is 45.4 Å². The van der Waals surface area contributed by atoms with Crippen molar-refractivity contribution >= 4 is 55.3 Å². The van der Waals surface area contributed by atoms with Crippen LogP contribution in [0.4, 0.5) is 5.69 Å². The molecule has 3 fully saturated rings. The van der Waals surface area contributed by atoms with E-state index < -0.39 is 11.9 Å². The number of ether oxygens (including phenoxy) is 1. The summed E-state index contributed by atoms with van der Waals surface area (Å²) >= 11 is 7.44. The number of carbonyl (C=O) groups is 3. The summed E-state index contributed by atoms with van der Waals surface area (Å²) in [4.78, 5) is 42.3. The van der Waals surface area contributed by atoms with Crippen LogP contribution in [0.3, 0.4) is 0 Å². The minimum Gasteiger partial charge on any atom is -0.495 e. The summed E-state index contributed by atoms with van der Waals surface area (Å²) in [5.74, 6) is -0.863. The number of hydrogen-bond acceptors (Lipinski definition) is 4. The standard InChI is InChI=1S/C25H24Br2N2O4/c1-33-18-10-6-5-9-16(18)28-23(30)17(11-13-7-3-2-4-8-13)29-24(31)19-14-12-15(20(19)25(29)32)22(27)21(14)26/h2-10,14-15,17,19-22H,11-12H2,1H3,(H,28,30)/t14-,15-,17+,19-,20-,21-,22+/m0/s1. The number of imide groups is 1. The van der Waals surface area contributed by atoms with Gasteiger partial charge in [-0.25, -0.2) is 0 Å². The van der Waals surface area contributed by atoms with Crippen molar-refractivity contribution in [1.29, 1.82) is 0 Å². The highest BCUT2D eigenvalue weighted by molar-refractivity contribution is 9.12. The van der Waals surface area contributed by atoms with E-state index >= 15 is 0 Å². The first-order chi connectivity index (χ1) is 15.9. The van der Waals surface area contributed by atoms with Gasteiger partial charge in [-0.1, -0.05) is 74.3 Å².